The summed E-state index contributed by atoms with van der Waals surface area (Å²) in [6.07, 6.45) is -4.54. The number of anilines is 2. The minimum Gasteiger partial charge on any atom is -0.368 e. The van der Waals surface area contributed by atoms with Gasteiger partial charge >= 0.3 is 6.18 Å². The number of alkyl halides is 3. The highest BCUT2D eigenvalue weighted by atomic mass is 32.2. The number of thiol groups is 1. The van der Waals surface area contributed by atoms with Crippen LogP contribution in [0.5, 0.6) is 0 Å². The van der Waals surface area contributed by atoms with Gasteiger partial charge in [-0.25, -0.2) is 0 Å². The summed E-state index contributed by atoms with van der Waals surface area (Å²) in [5, 5.41) is 8.08. The van der Waals surface area contributed by atoms with Gasteiger partial charge in [0.15, 0.2) is 4.34 Å². The van der Waals surface area contributed by atoms with Crippen molar-refractivity contribution < 1.29 is 18.0 Å². The SMILES string of the molecule is NC(=O)C(c1cccc(C(F)(F)F)c1)N(c1ccccc1)c1nnc(S)s1. The summed E-state index contributed by atoms with van der Waals surface area (Å²) in [5.74, 6) is -0.825. The summed E-state index contributed by atoms with van der Waals surface area (Å²) in [5.41, 5.74) is 5.34. The van der Waals surface area contributed by atoms with Gasteiger partial charge in [0.25, 0.3) is 0 Å². The molecule has 0 aliphatic rings. The van der Waals surface area contributed by atoms with Gasteiger partial charge in [-0.2, -0.15) is 13.2 Å². The number of hydrogen-bond acceptors (Lipinski definition) is 6. The van der Waals surface area contributed by atoms with Crippen LogP contribution in [0, 0.1) is 0 Å². The van der Waals surface area contributed by atoms with Crippen molar-refractivity contribution in [1.29, 1.82) is 0 Å². The molecule has 0 saturated carbocycles. The molecule has 0 bridgehead atoms. The number of primary amides is 1. The van der Waals surface area contributed by atoms with Gasteiger partial charge in [0.05, 0.1) is 5.56 Å². The topological polar surface area (TPSA) is 72.1 Å². The number of amides is 1. The molecule has 0 saturated heterocycles. The van der Waals surface area contributed by atoms with Crippen molar-refractivity contribution in [3.8, 4) is 0 Å². The lowest BCUT2D eigenvalue weighted by molar-refractivity contribution is -0.137. The maximum Gasteiger partial charge on any atom is 0.416 e. The summed E-state index contributed by atoms with van der Waals surface area (Å²) in [7, 11) is 0. The Balaban J connectivity index is 2.17. The molecule has 0 aliphatic carbocycles. The molecule has 3 aromatic rings. The van der Waals surface area contributed by atoms with Crippen LogP contribution in [0.25, 0.3) is 0 Å². The van der Waals surface area contributed by atoms with Gasteiger partial charge in [0.2, 0.25) is 11.0 Å². The summed E-state index contributed by atoms with van der Waals surface area (Å²) in [6, 6.07) is 11.9. The van der Waals surface area contributed by atoms with Gasteiger partial charge in [-0.1, -0.05) is 41.7 Å². The number of carbonyl (C=O) groups is 1. The Labute approximate surface area is 162 Å². The number of benzene rings is 2. The second-order valence-corrected chi connectivity index (χ2v) is 7.18. The smallest absolute Gasteiger partial charge is 0.368 e. The third kappa shape index (κ3) is 4.22. The fourth-order valence-electron chi connectivity index (χ4n) is 2.59. The Bertz CT molecular complexity index is 947. The number of carbonyl (C=O) groups excluding carboxylic acids is 1. The van der Waals surface area contributed by atoms with Gasteiger partial charge in [-0.05, 0) is 29.8 Å². The first-order valence-electron chi connectivity index (χ1n) is 7.60. The lowest BCUT2D eigenvalue weighted by atomic mass is 10.0. The Hall–Kier alpha value is -2.59. The van der Waals surface area contributed by atoms with E-state index in [0.29, 0.717) is 10.0 Å². The highest BCUT2D eigenvalue weighted by Crippen LogP contribution is 2.39. The van der Waals surface area contributed by atoms with Gasteiger partial charge in [0, 0.05) is 5.69 Å². The average molecular weight is 410 g/mol. The second-order valence-electron chi connectivity index (χ2n) is 5.50. The Kier molecular flexibility index (Phi) is 5.38. The van der Waals surface area contributed by atoms with E-state index in [1.54, 1.807) is 30.3 Å². The molecule has 1 amide bonds. The van der Waals surface area contributed by atoms with Crippen LogP contribution in [0.3, 0.4) is 0 Å². The highest BCUT2D eigenvalue weighted by Gasteiger charge is 2.34. The maximum absolute atomic E-state index is 13.1. The summed E-state index contributed by atoms with van der Waals surface area (Å²) in [6.45, 7) is 0. The summed E-state index contributed by atoms with van der Waals surface area (Å²) < 4.78 is 39.7. The fourth-order valence-corrected chi connectivity index (χ4v) is 3.52. The van der Waals surface area contributed by atoms with E-state index >= 15 is 0 Å². The van der Waals surface area contributed by atoms with Crippen LogP contribution in [0.4, 0.5) is 24.0 Å². The number of para-hydroxylation sites is 1. The molecule has 140 valence electrons. The van der Waals surface area contributed by atoms with E-state index in [-0.39, 0.29) is 10.7 Å². The van der Waals surface area contributed by atoms with E-state index in [1.807, 2.05) is 0 Å². The molecule has 0 aliphatic heterocycles. The predicted molar refractivity (Wildman–Crippen MR) is 99.1 cm³/mol. The van der Waals surface area contributed by atoms with E-state index in [2.05, 4.69) is 22.8 Å². The van der Waals surface area contributed by atoms with Crippen LogP contribution in [0.2, 0.25) is 0 Å². The van der Waals surface area contributed by atoms with Crippen LogP contribution < -0.4 is 10.6 Å². The maximum atomic E-state index is 13.1. The first-order chi connectivity index (χ1) is 12.8. The fraction of sp³-hybridized carbons (Fsp3) is 0.118. The Morgan fingerprint density at radius 2 is 1.81 bits per heavy atom. The zero-order valence-corrected chi connectivity index (χ0v) is 15.3. The molecular formula is C17H13F3N4OS2. The molecule has 2 aromatic carbocycles. The lowest BCUT2D eigenvalue weighted by Gasteiger charge is -2.29. The third-order valence-corrected chi connectivity index (χ3v) is 4.79. The molecule has 5 nitrogen and oxygen atoms in total. The zero-order valence-electron chi connectivity index (χ0n) is 13.6. The van der Waals surface area contributed by atoms with E-state index in [1.165, 1.54) is 17.0 Å². The monoisotopic (exact) mass is 410 g/mol. The first-order valence-corrected chi connectivity index (χ1v) is 8.87. The Morgan fingerprint density at radius 1 is 1.11 bits per heavy atom. The van der Waals surface area contributed by atoms with Gasteiger partial charge in [-0.3, -0.25) is 9.69 Å². The molecule has 27 heavy (non-hydrogen) atoms. The van der Waals surface area contributed by atoms with Crippen LogP contribution in [-0.4, -0.2) is 16.1 Å². The molecular weight excluding hydrogens is 397 g/mol. The van der Waals surface area contributed by atoms with Crippen LogP contribution in [0.1, 0.15) is 17.2 Å². The standard InChI is InChI=1S/C17H13F3N4OS2/c18-17(19,20)11-6-4-5-10(9-11)13(14(21)25)24(12-7-2-1-3-8-12)15-22-23-16(26)27-15/h1-9,13H,(H2,21,25)(H,23,26). The quantitative estimate of drug-likeness (QED) is 0.618. The molecule has 1 unspecified atom stereocenters. The molecule has 1 heterocycles. The molecule has 0 fully saturated rings. The Morgan fingerprint density at radius 3 is 2.37 bits per heavy atom. The van der Waals surface area contributed by atoms with Crippen molar-refractivity contribution in [3.05, 3.63) is 65.7 Å². The van der Waals surface area contributed by atoms with Crippen molar-refractivity contribution in [2.24, 2.45) is 5.73 Å². The first kappa shape index (κ1) is 19.2. The number of nitrogens with two attached hydrogens (primary N) is 1. The van der Waals surface area contributed by atoms with Gasteiger partial charge in [0.1, 0.15) is 6.04 Å². The van der Waals surface area contributed by atoms with E-state index in [4.69, 9.17) is 5.73 Å². The number of aromatic nitrogens is 2. The molecule has 1 aromatic heterocycles. The molecule has 3 rings (SSSR count). The zero-order chi connectivity index (χ0) is 19.6. The summed E-state index contributed by atoms with van der Waals surface area (Å²) >= 11 is 5.21. The molecule has 2 N–H and O–H groups in total. The number of nitrogens with zero attached hydrogens (tertiary/aromatic N) is 3. The largest absolute Gasteiger partial charge is 0.416 e. The number of hydrogen-bond donors (Lipinski definition) is 2. The van der Waals surface area contributed by atoms with Crippen molar-refractivity contribution >= 4 is 40.7 Å². The highest BCUT2D eigenvalue weighted by molar-refractivity contribution is 7.82. The molecule has 0 spiro atoms. The van der Waals surface area contributed by atoms with Crippen molar-refractivity contribution in [2.75, 3.05) is 4.90 Å². The lowest BCUT2D eigenvalue weighted by Crippen LogP contribution is -2.35. The van der Waals surface area contributed by atoms with Crippen molar-refractivity contribution in [2.45, 2.75) is 16.6 Å². The summed E-state index contributed by atoms with van der Waals surface area (Å²) in [4.78, 5) is 13.7. The van der Waals surface area contributed by atoms with Crippen LogP contribution in [0.15, 0.2) is 58.9 Å². The molecule has 10 heteroatoms. The number of halogens is 3. The van der Waals surface area contributed by atoms with E-state index in [9.17, 15) is 18.0 Å². The van der Waals surface area contributed by atoms with Gasteiger partial charge < -0.3 is 5.73 Å². The molecule has 0 radical (unpaired) electrons. The van der Waals surface area contributed by atoms with E-state index in [0.717, 1.165) is 23.5 Å². The van der Waals surface area contributed by atoms with Crippen LogP contribution in [-0.2, 0) is 11.0 Å². The van der Waals surface area contributed by atoms with Gasteiger partial charge in [-0.15, -0.1) is 22.8 Å². The minimum absolute atomic E-state index is 0.0945. The van der Waals surface area contributed by atoms with Crippen LogP contribution >= 0.6 is 24.0 Å². The minimum atomic E-state index is -4.54. The molecule has 1 atom stereocenters. The van der Waals surface area contributed by atoms with Crippen molar-refractivity contribution in [1.82, 2.24) is 10.2 Å². The second kappa shape index (κ2) is 7.57. The van der Waals surface area contributed by atoms with E-state index < -0.39 is 23.7 Å². The van der Waals surface area contributed by atoms with Crippen molar-refractivity contribution in [3.63, 3.8) is 0 Å². The third-order valence-electron chi connectivity index (χ3n) is 3.70. The number of rotatable bonds is 5. The predicted octanol–water partition coefficient (Wildman–Crippen LogP) is 4.21. The normalized spacial score (nSPS) is 12.6. The average Bonchev–Trinajstić information content (AvgIpc) is 3.05.